The molecule has 2 rings (SSSR count). The lowest BCUT2D eigenvalue weighted by molar-refractivity contribution is -0.152. The monoisotopic (exact) mass is 449 g/mol. The summed E-state index contributed by atoms with van der Waals surface area (Å²) in [6.07, 6.45) is 0.293. The SMILES string of the molecule is Cc1cc(C)cc(N(CCC#N)C(=O)COC(=O)C(NC(=O)Cc2ccccc2)C(C)C)c1. The molecule has 2 aromatic rings. The van der Waals surface area contributed by atoms with E-state index in [1.54, 1.807) is 13.8 Å². The summed E-state index contributed by atoms with van der Waals surface area (Å²) in [5.74, 6) is -1.61. The number of carbonyl (C=O) groups is 3. The first-order valence-corrected chi connectivity index (χ1v) is 11.0. The molecule has 2 aromatic carbocycles. The van der Waals surface area contributed by atoms with Gasteiger partial charge in [-0.15, -0.1) is 0 Å². The van der Waals surface area contributed by atoms with Crippen LogP contribution in [0.15, 0.2) is 48.5 Å². The van der Waals surface area contributed by atoms with E-state index in [1.165, 1.54) is 4.90 Å². The van der Waals surface area contributed by atoms with E-state index in [9.17, 15) is 14.4 Å². The summed E-state index contributed by atoms with van der Waals surface area (Å²) in [7, 11) is 0. The van der Waals surface area contributed by atoms with Gasteiger partial charge in [-0.05, 0) is 48.6 Å². The third-order valence-electron chi connectivity index (χ3n) is 5.05. The number of amides is 2. The Morgan fingerprint density at radius 3 is 2.27 bits per heavy atom. The van der Waals surface area contributed by atoms with Crippen molar-refractivity contribution in [3.8, 4) is 6.07 Å². The molecule has 1 N–H and O–H groups in total. The molecule has 174 valence electrons. The summed E-state index contributed by atoms with van der Waals surface area (Å²) in [6.45, 7) is 7.16. The highest BCUT2D eigenvalue weighted by atomic mass is 16.5. The first kappa shape index (κ1) is 25.6. The van der Waals surface area contributed by atoms with Crippen LogP contribution in [0.3, 0.4) is 0 Å². The molecule has 1 atom stereocenters. The number of hydrogen-bond acceptors (Lipinski definition) is 5. The molecule has 1 unspecified atom stereocenters. The van der Waals surface area contributed by atoms with Crippen LogP contribution >= 0.6 is 0 Å². The normalized spacial score (nSPS) is 11.4. The Morgan fingerprint density at radius 1 is 1.06 bits per heavy atom. The predicted octanol–water partition coefficient (Wildman–Crippen LogP) is 3.48. The average Bonchev–Trinajstić information content (AvgIpc) is 2.76. The van der Waals surface area contributed by atoms with Gasteiger partial charge >= 0.3 is 5.97 Å². The highest BCUT2D eigenvalue weighted by molar-refractivity contribution is 5.96. The Hall–Kier alpha value is -3.66. The van der Waals surface area contributed by atoms with Gasteiger partial charge in [0.25, 0.3) is 5.91 Å². The quantitative estimate of drug-likeness (QED) is 0.560. The maximum atomic E-state index is 12.9. The van der Waals surface area contributed by atoms with Crippen LogP contribution in [0.25, 0.3) is 0 Å². The number of nitrogens with one attached hydrogen (secondary N) is 1. The highest BCUT2D eigenvalue weighted by Gasteiger charge is 2.27. The zero-order valence-corrected chi connectivity index (χ0v) is 19.6. The topological polar surface area (TPSA) is 99.5 Å². The molecule has 0 aromatic heterocycles. The van der Waals surface area contributed by atoms with Crippen molar-refractivity contribution in [2.75, 3.05) is 18.1 Å². The fraction of sp³-hybridized carbons (Fsp3) is 0.385. The summed E-state index contributed by atoms with van der Waals surface area (Å²) in [4.78, 5) is 39.5. The van der Waals surface area contributed by atoms with Crippen LogP contribution in [0, 0.1) is 31.1 Å². The first-order chi connectivity index (χ1) is 15.7. The van der Waals surface area contributed by atoms with E-state index in [4.69, 9.17) is 10.00 Å². The Balaban J connectivity index is 2.03. The molecule has 0 aliphatic heterocycles. The largest absolute Gasteiger partial charge is 0.454 e. The molecule has 0 bridgehead atoms. The van der Waals surface area contributed by atoms with E-state index < -0.39 is 24.5 Å². The minimum atomic E-state index is -0.872. The molecular weight excluding hydrogens is 418 g/mol. The number of ether oxygens (including phenoxy) is 1. The lowest BCUT2D eigenvalue weighted by Crippen LogP contribution is -2.47. The Morgan fingerprint density at radius 2 is 1.70 bits per heavy atom. The molecule has 0 radical (unpaired) electrons. The lowest BCUT2D eigenvalue weighted by Gasteiger charge is -2.24. The zero-order chi connectivity index (χ0) is 24.4. The predicted molar refractivity (Wildman–Crippen MR) is 126 cm³/mol. The van der Waals surface area contributed by atoms with Crippen LogP contribution in [0.4, 0.5) is 5.69 Å². The van der Waals surface area contributed by atoms with Gasteiger partial charge in [0.2, 0.25) is 5.91 Å². The summed E-state index contributed by atoms with van der Waals surface area (Å²) >= 11 is 0. The van der Waals surface area contributed by atoms with E-state index in [-0.39, 0.29) is 31.2 Å². The lowest BCUT2D eigenvalue weighted by atomic mass is 10.0. The number of hydrogen-bond donors (Lipinski definition) is 1. The van der Waals surface area contributed by atoms with Crippen molar-refractivity contribution in [2.45, 2.75) is 46.6 Å². The highest BCUT2D eigenvalue weighted by Crippen LogP contribution is 2.19. The van der Waals surface area contributed by atoms with Crippen LogP contribution in [0.2, 0.25) is 0 Å². The van der Waals surface area contributed by atoms with Crippen LogP contribution in [0.5, 0.6) is 0 Å². The third kappa shape index (κ3) is 8.08. The van der Waals surface area contributed by atoms with Crippen molar-refractivity contribution in [3.05, 3.63) is 65.2 Å². The van der Waals surface area contributed by atoms with Crippen LogP contribution in [-0.2, 0) is 25.5 Å². The van der Waals surface area contributed by atoms with E-state index in [0.29, 0.717) is 5.69 Å². The molecule has 7 nitrogen and oxygen atoms in total. The number of nitrogens with zero attached hydrogens (tertiary/aromatic N) is 2. The molecule has 0 spiro atoms. The smallest absolute Gasteiger partial charge is 0.329 e. The van der Waals surface area contributed by atoms with Gasteiger partial charge < -0.3 is 15.0 Å². The van der Waals surface area contributed by atoms with Crippen LogP contribution in [-0.4, -0.2) is 37.0 Å². The van der Waals surface area contributed by atoms with Gasteiger partial charge in [0.05, 0.1) is 18.9 Å². The minimum Gasteiger partial charge on any atom is -0.454 e. The summed E-state index contributed by atoms with van der Waals surface area (Å²) in [6, 6.07) is 16.1. The van der Waals surface area contributed by atoms with Crippen molar-refractivity contribution in [3.63, 3.8) is 0 Å². The molecule has 7 heteroatoms. The molecule has 2 amide bonds. The molecule has 0 fully saturated rings. The van der Waals surface area contributed by atoms with Gasteiger partial charge in [-0.1, -0.05) is 50.2 Å². The van der Waals surface area contributed by atoms with E-state index in [2.05, 4.69) is 5.32 Å². The van der Waals surface area contributed by atoms with Crippen molar-refractivity contribution in [1.82, 2.24) is 5.32 Å². The fourth-order valence-corrected chi connectivity index (χ4v) is 3.47. The number of rotatable bonds is 10. The first-order valence-electron chi connectivity index (χ1n) is 11.0. The van der Waals surface area contributed by atoms with Crippen molar-refractivity contribution < 1.29 is 19.1 Å². The summed E-state index contributed by atoms with van der Waals surface area (Å²) < 4.78 is 5.29. The number of nitriles is 1. The van der Waals surface area contributed by atoms with E-state index in [0.717, 1.165) is 16.7 Å². The van der Waals surface area contributed by atoms with Gasteiger partial charge in [-0.3, -0.25) is 9.59 Å². The van der Waals surface area contributed by atoms with Gasteiger partial charge in [0.15, 0.2) is 6.61 Å². The summed E-state index contributed by atoms with van der Waals surface area (Å²) in [5, 5.41) is 11.7. The van der Waals surface area contributed by atoms with Gasteiger partial charge in [0.1, 0.15) is 6.04 Å². The van der Waals surface area contributed by atoms with Crippen molar-refractivity contribution >= 4 is 23.5 Å². The minimum absolute atomic E-state index is 0.144. The van der Waals surface area contributed by atoms with Gasteiger partial charge in [-0.2, -0.15) is 5.26 Å². The third-order valence-corrected chi connectivity index (χ3v) is 5.05. The van der Waals surface area contributed by atoms with Crippen LogP contribution < -0.4 is 10.2 Å². The number of anilines is 1. The molecular formula is C26H31N3O4. The maximum absolute atomic E-state index is 12.9. The number of carbonyl (C=O) groups excluding carboxylic acids is 3. The molecule has 0 aliphatic carbocycles. The fourth-order valence-electron chi connectivity index (χ4n) is 3.47. The maximum Gasteiger partial charge on any atom is 0.329 e. The van der Waals surface area contributed by atoms with Gasteiger partial charge in [0, 0.05) is 12.2 Å². The number of esters is 1. The Kier molecular flexibility index (Phi) is 9.62. The molecule has 33 heavy (non-hydrogen) atoms. The number of benzene rings is 2. The number of aryl methyl sites for hydroxylation is 2. The Labute approximate surface area is 195 Å². The zero-order valence-electron chi connectivity index (χ0n) is 19.6. The van der Waals surface area contributed by atoms with E-state index in [1.807, 2.05) is 68.4 Å². The molecule has 0 aliphatic rings. The van der Waals surface area contributed by atoms with Crippen molar-refractivity contribution in [1.29, 1.82) is 5.26 Å². The second kappa shape index (κ2) is 12.4. The standard InChI is InChI=1S/C26H31N3O4/c1-18(2)25(28-23(30)16-21-9-6-5-7-10-21)26(32)33-17-24(31)29(12-8-11-27)22-14-19(3)13-20(4)15-22/h5-7,9-10,13-15,18,25H,8,12,16-17H2,1-4H3,(H,28,30). The van der Waals surface area contributed by atoms with Gasteiger partial charge in [-0.25, -0.2) is 4.79 Å². The second-order valence-electron chi connectivity index (χ2n) is 8.36. The van der Waals surface area contributed by atoms with Crippen LogP contribution in [0.1, 0.15) is 37.0 Å². The van der Waals surface area contributed by atoms with E-state index >= 15 is 0 Å². The average molecular weight is 450 g/mol. The Bertz CT molecular complexity index is 992. The molecule has 0 heterocycles. The molecule has 0 saturated heterocycles. The molecule has 0 saturated carbocycles. The van der Waals surface area contributed by atoms with Crippen molar-refractivity contribution in [2.24, 2.45) is 5.92 Å². The second-order valence-corrected chi connectivity index (χ2v) is 8.36. The summed E-state index contributed by atoms with van der Waals surface area (Å²) in [5.41, 5.74) is 3.46.